The first kappa shape index (κ1) is 19.8. The van der Waals surface area contributed by atoms with Gasteiger partial charge in [-0.05, 0) is 55.5 Å². The van der Waals surface area contributed by atoms with Gasteiger partial charge < -0.3 is 15.4 Å². The summed E-state index contributed by atoms with van der Waals surface area (Å²) in [5.74, 6) is -1.10. The number of nitrogens with one attached hydrogen (secondary N) is 2. The van der Waals surface area contributed by atoms with Crippen LogP contribution in [-0.2, 0) is 4.74 Å². The quantitative estimate of drug-likeness (QED) is 0.614. The second-order valence-electron chi connectivity index (χ2n) is 6.12. The molecule has 3 aromatic rings. The summed E-state index contributed by atoms with van der Waals surface area (Å²) in [6.07, 6.45) is 0. The van der Waals surface area contributed by atoms with Crippen LogP contribution < -0.4 is 10.6 Å². The Hall–Kier alpha value is -3.93. The van der Waals surface area contributed by atoms with E-state index in [4.69, 9.17) is 4.74 Å². The van der Waals surface area contributed by atoms with E-state index >= 15 is 0 Å². The maximum atomic E-state index is 12.7. The average molecular weight is 388 g/mol. The van der Waals surface area contributed by atoms with Crippen molar-refractivity contribution in [2.45, 2.75) is 6.92 Å². The fraction of sp³-hybridized carbons (Fsp3) is 0.0870. The van der Waals surface area contributed by atoms with Gasteiger partial charge in [0.1, 0.15) is 0 Å². The standard InChI is InChI=1S/C23H20N2O4/c1-2-29-23(28)17-12-14-18(15-13-17)24-22(27)19-10-6-7-11-20(19)25-21(26)16-8-4-3-5-9-16/h3-15H,2H2,1H3,(H,24,27)(H,25,26). The number of rotatable bonds is 6. The van der Waals surface area contributed by atoms with Crippen LogP contribution in [0.4, 0.5) is 11.4 Å². The van der Waals surface area contributed by atoms with Crippen LogP contribution in [-0.4, -0.2) is 24.4 Å². The highest BCUT2D eigenvalue weighted by atomic mass is 16.5. The monoisotopic (exact) mass is 388 g/mol. The van der Waals surface area contributed by atoms with Crippen molar-refractivity contribution in [3.63, 3.8) is 0 Å². The summed E-state index contributed by atoms with van der Waals surface area (Å²) in [5, 5.41) is 5.54. The maximum Gasteiger partial charge on any atom is 0.338 e. The number of anilines is 2. The zero-order valence-electron chi connectivity index (χ0n) is 15.8. The van der Waals surface area contributed by atoms with Gasteiger partial charge in [-0.1, -0.05) is 30.3 Å². The molecule has 0 bridgehead atoms. The molecule has 6 nitrogen and oxygen atoms in total. The molecule has 3 aromatic carbocycles. The van der Waals surface area contributed by atoms with Crippen molar-refractivity contribution in [1.29, 1.82) is 0 Å². The molecule has 3 rings (SSSR count). The Balaban J connectivity index is 1.73. The van der Waals surface area contributed by atoms with Gasteiger partial charge >= 0.3 is 5.97 Å². The van der Waals surface area contributed by atoms with Crippen molar-refractivity contribution < 1.29 is 19.1 Å². The second-order valence-corrected chi connectivity index (χ2v) is 6.12. The third-order valence-corrected chi connectivity index (χ3v) is 4.11. The van der Waals surface area contributed by atoms with Crippen LogP contribution in [0.15, 0.2) is 78.9 Å². The van der Waals surface area contributed by atoms with Crippen LogP contribution in [0.25, 0.3) is 0 Å². The van der Waals surface area contributed by atoms with Gasteiger partial charge in [-0.15, -0.1) is 0 Å². The highest BCUT2D eigenvalue weighted by Gasteiger charge is 2.14. The molecule has 0 atom stereocenters. The Morgan fingerprint density at radius 1 is 0.724 bits per heavy atom. The van der Waals surface area contributed by atoms with E-state index in [1.54, 1.807) is 79.7 Å². The van der Waals surface area contributed by atoms with Gasteiger partial charge in [-0.3, -0.25) is 9.59 Å². The molecule has 0 heterocycles. The molecule has 0 aliphatic carbocycles. The maximum absolute atomic E-state index is 12.7. The highest BCUT2D eigenvalue weighted by molar-refractivity contribution is 6.12. The topological polar surface area (TPSA) is 84.5 Å². The molecule has 0 saturated carbocycles. The van der Waals surface area contributed by atoms with E-state index in [9.17, 15) is 14.4 Å². The normalized spacial score (nSPS) is 10.1. The molecule has 29 heavy (non-hydrogen) atoms. The summed E-state index contributed by atoms with van der Waals surface area (Å²) >= 11 is 0. The van der Waals surface area contributed by atoms with Crippen molar-refractivity contribution in [2.75, 3.05) is 17.2 Å². The third kappa shape index (κ3) is 5.07. The van der Waals surface area contributed by atoms with Crippen LogP contribution in [0.3, 0.4) is 0 Å². The predicted molar refractivity (Wildman–Crippen MR) is 111 cm³/mol. The molecule has 0 aliphatic rings. The largest absolute Gasteiger partial charge is 0.462 e. The Kier molecular flexibility index (Phi) is 6.37. The van der Waals surface area contributed by atoms with E-state index in [1.807, 2.05) is 6.07 Å². The Morgan fingerprint density at radius 3 is 2.07 bits per heavy atom. The van der Waals surface area contributed by atoms with Gasteiger partial charge in [0.25, 0.3) is 11.8 Å². The van der Waals surface area contributed by atoms with Gasteiger partial charge in [0, 0.05) is 11.3 Å². The van der Waals surface area contributed by atoms with Crippen molar-refractivity contribution in [1.82, 2.24) is 0 Å². The SMILES string of the molecule is CCOC(=O)c1ccc(NC(=O)c2ccccc2NC(=O)c2ccccc2)cc1. The number of carbonyl (C=O) groups excluding carboxylic acids is 3. The molecule has 0 fully saturated rings. The fourth-order valence-corrected chi connectivity index (χ4v) is 2.68. The van der Waals surface area contributed by atoms with Gasteiger partial charge in [0.15, 0.2) is 0 Å². The van der Waals surface area contributed by atoms with Crippen LogP contribution in [0.2, 0.25) is 0 Å². The molecule has 0 aliphatic heterocycles. The average Bonchev–Trinajstić information content (AvgIpc) is 2.75. The summed E-state index contributed by atoms with van der Waals surface area (Å²) in [6.45, 7) is 2.03. The summed E-state index contributed by atoms with van der Waals surface area (Å²) in [5.41, 5.74) is 2.15. The number of carbonyl (C=O) groups is 3. The molecule has 6 heteroatoms. The zero-order chi connectivity index (χ0) is 20.6. The van der Waals surface area contributed by atoms with E-state index in [-0.39, 0.29) is 11.8 Å². The third-order valence-electron chi connectivity index (χ3n) is 4.11. The summed E-state index contributed by atoms with van der Waals surface area (Å²) in [7, 11) is 0. The lowest BCUT2D eigenvalue weighted by Crippen LogP contribution is -2.18. The molecule has 0 spiro atoms. The molecule has 0 unspecified atom stereocenters. The van der Waals surface area contributed by atoms with E-state index < -0.39 is 5.97 Å². The highest BCUT2D eigenvalue weighted by Crippen LogP contribution is 2.19. The van der Waals surface area contributed by atoms with Crippen LogP contribution in [0, 0.1) is 0 Å². The molecule has 0 aromatic heterocycles. The molecule has 2 N–H and O–H groups in total. The lowest BCUT2D eigenvalue weighted by molar-refractivity contribution is 0.0526. The number of amides is 2. The number of benzene rings is 3. The first-order valence-electron chi connectivity index (χ1n) is 9.12. The molecular weight excluding hydrogens is 368 g/mol. The van der Waals surface area contributed by atoms with E-state index in [1.165, 1.54) is 0 Å². The molecule has 0 radical (unpaired) electrons. The summed E-state index contributed by atoms with van der Waals surface area (Å²) in [6, 6.07) is 21.9. The fourth-order valence-electron chi connectivity index (χ4n) is 2.68. The minimum atomic E-state index is -0.417. The van der Waals surface area contributed by atoms with E-state index in [0.717, 1.165) is 0 Å². The van der Waals surface area contributed by atoms with Crippen LogP contribution in [0.1, 0.15) is 38.0 Å². The minimum Gasteiger partial charge on any atom is -0.462 e. The van der Waals surface area contributed by atoms with Crippen molar-refractivity contribution in [2.24, 2.45) is 0 Å². The van der Waals surface area contributed by atoms with Crippen molar-refractivity contribution in [3.8, 4) is 0 Å². The second kappa shape index (κ2) is 9.32. The van der Waals surface area contributed by atoms with Gasteiger partial charge in [-0.25, -0.2) is 4.79 Å². The number of para-hydroxylation sites is 1. The van der Waals surface area contributed by atoms with Gasteiger partial charge in [-0.2, -0.15) is 0 Å². The lowest BCUT2D eigenvalue weighted by atomic mass is 10.1. The van der Waals surface area contributed by atoms with Crippen LogP contribution >= 0.6 is 0 Å². The first-order chi connectivity index (χ1) is 14.1. The van der Waals surface area contributed by atoms with E-state index in [2.05, 4.69) is 10.6 Å². The van der Waals surface area contributed by atoms with Crippen molar-refractivity contribution in [3.05, 3.63) is 95.6 Å². The molecule has 2 amide bonds. The molecule has 146 valence electrons. The number of esters is 1. The predicted octanol–water partition coefficient (Wildman–Crippen LogP) is 4.37. The van der Waals surface area contributed by atoms with E-state index in [0.29, 0.717) is 34.7 Å². The molecular formula is C23H20N2O4. The minimum absolute atomic E-state index is 0.294. The Bertz CT molecular complexity index is 1010. The van der Waals surface area contributed by atoms with Crippen molar-refractivity contribution >= 4 is 29.2 Å². The zero-order valence-corrected chi connectivity index (χ0v) is 15.8. The number of ether oxygens (including phenoxy) is 1. The number of hydrogen-bond acceptors (Lipinski definition) is 4. The molecule has 0 saturated heterocycles. The lowest BCUT2D eigenvalue weighted by Gasteiger charge is -2.12. The Morgan fingerprint density at radius 2 is 1.38 bits per heavy atom. The van der Waals surface area contributed by atoms with Gasteiger partial charge in [0.2, 0.25) is 0 Å². The van der Waals surface area contributed by atoms with Crippen LogP contribution in [0.5, 0.6) is 0 Å². The van der Waals surface area contributed by atoms with Gasteiger partial charge in [0.05, 0.1) is 23.4 Å². The smallest absolute Gasteiger partial charge is 0.338 e. The first-order valence-corrected chi connectivity index (χ1v) is 9.12. The number of hydrogen-bond donors (Lipinski definition) is 2. The summed E-state index contributed by atoms with van der Waals surface area (Å²) in [4.78, 5) is 36.8. The summed E-state index contributed by atoms with van der Waals surface area (Å²) < 4.78 is 4.94. The Labute approximate surface area is 168 Å².